The molecule has 0 bridgehead atoms. The molecule has 0 aliphatic carbocycles. The van der Waals surface area contributed by atoms with Gasteiger partial charge < -0.3 is 13.7 Å². The smallest absolute Gasteiger partial charge is 0.247 e. The van der Waals surface area contributed by atoms with E-state index < -0.39 is 0 Å². The number of hydrogen-bond acceptors (Lipinski definition) is 7. The first-order valence-corrected chi connectivity index (χ1v) is 10.6. The highest BCUT2D eigenvalue weighted by atomic mass is 32.2. The monoisotopic (exact) mass is 421 g/mol. The number of ether oxygens (including phenoxy) is 1. The van der Waals surface area contributed by atoms with E-state index in [0.29, 0.717) is 11.8 Å². The van der Waals surface area contributed by atoms with Crippen LogP contribution in [0, 0.1) is 6.92 Å². The van der Waals surface area contributed by atoms with E-state index in [1.807, 2.05) is 62.4 Å². The lowest BCUT2D eigenvalue weighted by molar-refractivity contribution is 0.415. The molecule has 8 heteroatoms. The topological polar surface area (TPSA) is 78.9 Å². The Labute approximate surface area is 179 Å². The van der Waals surface area contributed by atoms with E-state index in [1.54, 1.807) is 18.9 Å². The summed E-state index contributed by atoms with van der Waals surface area (Å²) >= 11 is 1.55. The van der Waals surface area contributed by atoms with Gasteiger partial charge in [0.2, 0.25) is 11.8 Å². The molecule has 2 heterocycles. The average Bonchev–Trinajstić information content (AvgIpc) is 3.42. The van der Waals surface area contributed by atoms with Gasteiger partial charge in [0.25, 0.3) is 0 Å². The zero-order valence-corrected chi connectivity index (χ0v) is 18.2. The van der Waals surface area contributed by atoms with Crippen molar-refractivity contribution in [3.63, 3.8) is 0 Å². The molecule has 30 heavy (non-hydrogen) atoms. The Morgan fingerprint density at radius 1 is 0.967 bits per heavy atom. The number of thioether (sulfide) groups is 1. The van der Waals surface area contributed by atoms with Crippen LogP contribution in [0.4, 0.5) is 0 Å². The SMILES string of the molecule is CCn1c(S[C@H](C)c2nnc(-c3ccc(C)cc3)o2)nnc1-c1ccc(OC)cc1. The molecule has 4 rings (SSSR count). The van der Waals surface area contributed by atoms with Gasteiger partial charge in [0.15, 0.2) is 11.0 Å². The number of rotatable bonds is 7. The molecule has 0 saturated heterocycles. The van der Waals surface area contributed by atoms with Gasteiger partial charge in [-0.25, -0.2) is 0 Å². The molecule has 0 aliphatic heterocycles. The lowest BCUT2D eigenvalue weighted by Gasteiger charge is -2.10. The van der Waals surface area contributed by atoms with Crippen LogP contribution in [0.3, 0.4) is 0 Å². The van der Waals surface area contributed by atoms with E-state index in [0.717, 1.165) is 34.4 Å². The Balaban J connectivity index is 1.54. The molecule has 2 aromatic carbocycles. The van der Waals surface area contributed by atoms with E-state index in [4.69, 9.17) is 9.15 Å². The van der Waals surface area contributed by atoms with E-state index in [2.05, 4.69) is 31.9 Å². The van der Waals surface area contributed by atoms with Gasteiger partial charge in [-0.05, 0) is 57.2 Å². The minimum atomic E-state index is -0.0603. The summed E-state index contributed by atoms with van der Waals surface area (Å²) in [6.07, 6.45) is 0. The van der Waals surface area contributed by atoms with Crippen LogP contribution in [0.5, 0.6) is 5.75 Å². The van der Waals surface area contributed by atoms with Crippen LogP contribution in [0.15, 0.2) is 58.1 Å². The van der Waals surface area contributed by atoms with Crippen molar-refractivity contribution in [2.24, 2.45) is 0 Å². The van der Waals surface area contributed by atoms with Gasteiger partial charge in [-0.2, -0.15) is 0 Å². The van der Waals surface area contributed by atoms with Crippen molar-refractivity contribution >= 4 is 11.8 Å². The number of aryl methyl sites for hydroxylation is 1. The number of nitrogens with zero attached hydrogens (tertiary/aromatic N) is 5. The van der Waals surface area contributed by atoms with Crippen molar-refractivity contribution < 1.29 is 9.15 Å². The lowest BCUT2D eigenvalue weighted by Crippen LogP contribution is -2.01. The van der Waals surface area contributed by atoms with Crippen LogP contribution in [0.25, 0.3) is 22.8 Å². The molecular formula is C22H23N5O2S. The third-order valence-electron chi connectivity index (χ3n) is 4.75. The molecule has 0 fully saturated rings. The number of aromatic nitrogens is 5. The number of methoxy groups -OCH3 is 1. The summed E-state index contributed by atoms with van der Waals surface area (Å²) < 4.78 is 13.2. The molecule has 1 atom stereocenters. The van der Waals surface area contributed by atoms with Crippen molar-refractivity contribution in [3.8, 4) is 28.6 Å². The van der Waals surface area contributed by atoms with Crippen molar-refractivity contribution in [3.05, 3.63) is 60.0 Å². The summed E-state index contributed by atoms with van der Waals surface area (Å²) in [5.41, 5.74) is 3.09. The molecule has 0 aliphatic rings. The van der Waals surface area contributed by atoms with E-state index >= 15 is 0 Å². The maximum atomic E-state index is 5.92. The fraction of sp³-hybridized carbons (Fsp3) is 0.273. The fourth-order valence-electron chi connectivity index (χ4n) is 3.03. The van der Waals surface area contributed by atoms with Crippen molar-refractivity contribution in [2.75, 3.05) is 7.11 Å². The third-order valence-corrected chi connectivity index (χ3v) is 5.82. The summed E-state index contributed by atoms with van der Waals surface area (Å²) in [6.45, 7) is 6.90. The van der Waals surface area contributed by atoms with Gasteiger partial charge in [0.1, 0.15) is 5.75 Å². The molecule has 0 radical (unpaired) electrons. The Morgan fingerprint density at radius 2 is 1.67 bits per heavy atom. The van der Waals surface area contributed by atoms with Crippen molar-refractivity contribution in [1.29, 1.82) is 0 Å². The zero-order valence-electron chi connectivity index (χ0n) is 17.4. The van der Waals surface area contributed by atoms with Crippen LogP contribution >= 0.6 is 11.8 Å². The second-order valence-electron chi connectivity index (χ2n) is 6.85. The highest BCUT2D eigenvalue weighted by Crippen LogP contribution is 2.36. The maximum Gasteiger partial charge on any atom is 0.247 e. The van der Waals surface area contributed by atoms with Crippen LogP contribution in [0.2, 0.25) is 0 Å². The molecule has 0 saturated carbocycles. The molecule has 154 valence electrons. The Hall–Kier alpha value is -3.13. The quantitative estimate of drug-likeness (QED) is 0.380. The Bertz CT molecular complexity index is 1120. The van der Waals surface area contributed by atoms with E-state index in [1.165, 1.54) is 5.56 Å². The number of hydrogen-bond donors (Lipinski definition) is 0. The largest absolute Gasteiger partial charge is 0.497 e. The summed E-state index contributed by atoms with van der Waals surface area (Å²) in [7, 11) is 1.65. The zero-order chi connectivity index (χ0) is 21.1. The number of benzene rings is 2. The van der Waals surface area contributed by atoms with Crippen LogP contribution in [-0.4, -0.2) is 32.1 Å². The second-order valence-corrected chi connectivity index (χ2v) is 8.16. The molecule has 0 spiro atoms. The van der Waals surface area contributed by atoms with Gasteiger partial charge in [-0.1, -0.05) is 29.5 Å². The molecule has 0 N–H and O–H groups in total. The lowest BCUT2D eigenvalue weighted by atomic mass is 10.1. The maximum absolute atomic E-state index is 5.92. The van der Waals surface area contributed by atoms with Crippen LogP contribution < -0.4 is 4.74 Å². The Morgan fingerprint density at radius 3 is 2.33 bits per heavy atom. The summed E-state index contributed by atoms with van der Waals surface area (Å²) in [5.74, 6) is 2.71. The molecule has 4 aromatic rings. The molecule has 7 nitrogen and oxygen atoms in total. The van der Waals surface area contributed by atoms with Crippen molar-refractivity contribution in [2.45, 2.75) is 37.7 Å². The first-order chi connectivity index (χ1) is 14.6. The summed E-state index contributed by atoms with van der Waals surface area (Å²) in [5, 5.41) is 18.0. The van der Waals surface area contributed by atoms with E-state index in [-0.39, 0.29) is 5.25 Å². The molecular weight excluding hydrogens is 398 g/mol. The van der Waals surface area contributed by atoms with Gasteiger partial charge in [-0.15, -0.1) is 20.4 Å². The highest BCUT2D eigenvalue weighted by molar-refractivity contribution is 7.99. The average molecular weight is 422 g/mol. The first-order valence-electron chi connectivity index (χ1n) is 9.73. The molecule has 0 unspecified atom stereocenters. The standard InChI is InChI=1S/C22H23N5O2S/c1-5-27-19(16-10-12-18(28-4)13-11-16)23-26-22(27)30-15(3)20-24-25-21(29-20)17-8-6-14(2)7-9-17/h6-13,15H,5H2,1-4H3/t15-/m1/s1. The van der Waals surface area contributed by atoms with E-state index in [9.17, 15) is 0 Å². The Kier molecular flexibility index (Phi) is 5.85. The van der Waals surface area contributed by atoms with Crippen LogP contribution in [0.1, 0.15) is 30.6 Å². The summed E-state index contributed by atoms with van der Waals surface area (Å²) in [6, 6.07) is 15.8. The minimum absolute atomic E-state index is 0.0603. The normalized spacial score (nSPS) is 12.1. The van der Waals surface area contributed by atoms with Gasteiger partial charge >= 0.3 is 0 Å². The third kappa shape index (κ3) is 4.09. The predicted molar refractivity (Wildman–Crippen MR) is 116 cm³/mol. The first kappa shape index (κ1) is 20.2. The highest BCUT2D eigenvalue weighted by Gasteiger charge is 2.21. The fourth-order valence-corrected chi connectivity index (χ4v) is 3.98. The second kappa shape index (κ2) is 8.71. The van der Waals surface area contributed by atoms with Gasteiger partial charge in [0.05, 0.1) is 12.4 Å². The molecule has 0 amide bonds. The van der Waals surface area contributed by atoms with Crippen molar-refractivity contribution in [1.82, 2.24) is 25.0 Å². The van der Waals surface area contributed by atoms with Gasteiger partial charge in [0, 0.05) is 17.7 Å². The molecule has 2 aromatic heterocycles. The summed E-state index contributed by atoms with van der Waals surface area (Å²) in [4.78, 5) is 0. The predicted octanol–water partition coefficient (Wildman–Crippen LogP) is 5.19. The van der Waals surface area contributed by atoms with Gasteiger partial charge in [-0.3, -0.25) is 0 Å². The van der Waals surface area contributed by atoms with Crippen LogP contribution in [-0.2, 0) is 6.54 Å². The minimum Gasteiger partial charge on any atom is -0.497 e.